The van der Waals surface area contributed by atoms with E-state index < -0.39 is 0 Å². The summed E-state index contributed by atoms with van der Waals surface area (Å²) in [7, 11) is 1.86. The van der Waals surface area contributed by atoms with E-state index in [1.807, 2.05) is 31.3 Å². The zero-order chi connectivity index (χ0) is 11.1. The van der Waals surface area contributed by atoms with Crippen LogP contribution in [0.3, 0.4) is 0 Å². The SMILES string of the molecule is CN1CCC2Oc3ccccc3SC2C1=O. The number of likely N-dealkylation sites (tertiary alicyclic amines) is 1. The van der Waals surface area contributed by atoms with Crippen molar-refractivity contribution < 1.29 is 9.53 Å². The van der Waals surface area contributed by atoms with Crippen molar-refractivity contribution in [1.29, 1.82) is 0 Å². The van der Waals surface area contributed by atoms with Gasteiger partial charge in [0.2, 0.25) is 5.91 Å². The monoisotopic (exact) mass is 235 g/mol. The van der Waals surface area contributed by atoms with Gasteiger partial charge in [-0.3, -0.25) is 4.79 Å². The number of benzene rings is 1. The number of carbonyl (C=O) groups is 1. The molecule has 1 aromatic carbocycles. The van der Waals surface area contributed by atoms with Crippen LogP contribution < -0.4 is 4.74 Å². The highest BCUT2D eigenvalue weighted by Crippen LogP contribution is 2.42. The lowest BCUT2D eigenvalue weighted by Gasteiger charge is -2.38. The van der Waals surface area contributed by atoms with Gasteiger partial charge in [0.1, 0.15) is 17.1 Å². The number of carbonyl (C=O) groups excluding carboxylic acids is 1. The van der Waals surface area contributed by atoms with Crippen molar-refractivity contribution in [3.63, 3.8) is 0 Å². The highest BCUT2D eigenvalue weighted by molar-refractivity contribution is 8.00. The molecule has 2 heterocycles. The first-order chi connectivity index (χ1) is 7.75. The van der Waals surface area contributed by atoms with Crippen LogP contribution in [0.5, 0.6) is 5.75 Å². The molecule has 2 aliphatic rings. The Balaban J connectivity index is 1.93. The predicted molar refractivity (Wildman–Crippen MR) is 62.8 cm³/mol. The van der Waals surface area contributed by atoms with Gasteiger partial charge >= 0.3 is 0 Å². The summed E-state index contributed by atoms with van der Waals surface area (Å²) in [4.78, 5) is 14.9. The molecule has 3 nitrogen and oxygen atoms in total. The van der Waals surface area contributed by atoms with Gasteiger partial charge in [0.15, 0.2) is 0 Å². The molecule has 0 aliphatic carbocycles. The van der Waals surface area contributed by atoms with Crippen molar-refractivity contribution in [2.45, 2.75) is 22.7 Å². The van der Waals surface area contributed by atoms with Crippen molar-refractivity contribution in [3.05, 3.63) is 24.3 Å². The van der Waals surface area contributed by atoms with Gasteiger partial charge in [0.05, 0.1) is 4.90 Å². The molecule has 0 aromatic heterocycles. The fraction of sp³-hybridized carbons (Fsp3) is 0.417. The van der Waals surface area contributed by atoms with E-state index in [2.05, 4.69) is 0 Å². The van der Waals surface area contributed by atoms with E-state index in [-0.39, 0.29) is 17.3 Å². The quantitative estimate of drug-likeness (QED) is 0.686. The highest BCUT2D eigenvalue weighted by Gasteiger charge is 2.40. The molecular formula is C12H13NO2S. The molecule has 84 valence electrons. The minimum absolute atomic E-state index is 0.0450. The van der Waals surface area contributed by atoms with Gasteiger partial charge in [0, 0.05) is 20.0 Å². The number of para-hydroxylation sites is 1. The molecule has 1 saturated heterocycles. The smallest absolute Gasteiger partial charge is 0.239 e. The number of ether oxygens (including phenoxy) is 1. The van der Waals surface area contributed by atoms with Crippen LogP contribution in [0.1, 0.15) is 6.42 Å². The van der Waals surface area contributed by atoms with Crippen molar-refractivity contribution >= 4 is 17.7 Å². The second-order valence-corrected chi connectivity index (χ2v) is 5.37. The Hall–Kier alpha value is -1.16. The maximum absolute atomic E-state index is 12.0. The average molecular weight is 235 g/mol. The molecule has 0 saturated carbocycles. The van der Waals surface area contributed by atoms with Crippen LogP contribution in [-0.2, 0) is 4.79 Å². The van der Waals surface area contributed by atoms with Gasteiger partial charge in [-0.05, 0) is 12.1 Å². The molecule has 1 aromatic rings. The molecule has 1 fully saturated rings. The van der Waals surface area contributed by atoms with Crippen LogP contribution in [0.4, 0.5) is 0 Å². The van der Waals surface area contributed by atoms with E-state index >= 15 is 0 Å². The number of piperidine rings is 1. The third-order valence-corrected chi connectivity index (χ3v) is 4.44. The molecule has 16 heavy (non-hydrogen) atoms. The van der Waals surface area contributed by atoms with E-state index in [0.717, 1.165) is 23.6 Å². The molecule has 2 unspecified atom stereocenters. The van der Waals surface area contributed by atoms with Gasteiger partial charge in [-0.15, -0.1) is 11.8 Å². The van der Waals surface area contributed by atoms with Crippen molar-refractivity contribution in [1.82, 2.24) is 4.90 Å². The lowest BCUT2D eigenvalue weighted by Crippen LogP contribution is -2.51. The van der Waals surface area contributed by atoms with E-state index in [0.29, 0.717) is 0 Å². The van der Waals surface area contributed by atoms with E-state index in [4.69, 9.17) is 4.74 Å². The van der Waals surface area contributed by atoms with Crippen LogP contribution in [0.25, 0.3) is 0 Å². The summed E-state index contributed by atoms with van der Waals surface area (Å²) in [5, 5.41) is -0.0614. The second-order valence-electron chi connectivity index (χ2n) is 4.19. The van der Waals surface area contributed by atoms with Gasteiger partial charge in [-0.2, -0.15) is 0 Å². The zero-order valence-corrected chi connectivity index (χ0v) is 9.87. The molecule has 0 spiro atoms. The maximum Gasteiger partial charge on any atom is 0.239 e. The van der Waals surface area contributed by atoms with Crippen molar-refractivity contribution in [2.75, 3.05) is 13.6 Å². The van der Waals surface area contributed by atoms with Crippen LogP contribution >= 0.6 is 11.8 Å². The number of fused-ring (bicyclic) bond motifs is 2. The Morgan fingerprint density at radius 3 is 3.12 bits per heavy atom. The summed E-state index contributed by atoms with van der Waals surface area (Å²) < 4.78 is 5.89. The van der Waals surface area contributed by atoms with Gasteiger partial charge in [-0.1, -0.05) is 12.1 Å². The predicted octanol–water partition coefficient (Wildman–Crippen LogP) is 1.77. The fourth-order valence-corrected chi connectivity index (χ4v) is 3.44. The van der Waals surface area contributed by atoms with Crippen LogP contribution in [0, 0.1) is 0 Å². The van der Waals surface area contributed by atoms with Crippen molar-refractivity contribution in [3.8, 4) is 5.75 Å². The summed E-state index contributed by atoms with van der Waals surface area (Å²) in [5.74, 6) is 1.11. The third kappa shape index (κ3) is 1.48. The first kappa shape index (κ1) is 10.0. The summed E-state index contributed by atoms with van der Waals surface area (Å²) in [6.07, 6.45) is 0.970. The molecule has 0 N–H and O–H groups in total. The topological polar surface area (TPSA) is 29.5 Å². The number of nitrogens with zero attached hydrogens (tertiary/aromatic N) is 1. The Labute approximate surface area is 98.8 Å². The highest BCUT2D eigenvalue weighted by atomic mass is 32.2. The normalized spacial score (nSPS) is 28.1. The molecule has 3 rings (SSSR count). The first-order valence-electron chi connectivity index (χ1n) is 5.43. The minimum Gasteiger partial charge on any atom is -0.487 e. The van der Waals surface area contributed by atoms with Crippen LogP contribution in [-0.4, -0.2) is 35.8 Å². The van der Waals surface area contributed by atoms with Gasteiger partial charge < -0.3 is 9.64 Å². The number of hydrogen-bond donors (Lipinski definition) is 0. The van der Waals surface area contributed by atoms with Crippen molar-refractivity contribution in [2.24, 2.45) is 0 Å². The number of hydrogen-bond acceptors (Lipinski definition) is 3. The molecule has 0 radical (unpaired) electrons. The average Bonchev–Trinajstić information content (AvgIpc) is 2.32. The third-order valence-electron chi connectivity index (χ3n) is 3.09. The maximum atomic E-state index is 12.0. The second kappa shape index (κ2) is 3.70. The summed E-state index contributed by atoms with van der Waals surface area (Å²) >= 11 is 1.64. The first-order valence-corrected chi connectivity index (χ1v) is 6.31. The Morgan fingerprint density at radius 1 is 1.44 bits per heavy atom. The lowest BCUT2D eigenvalue weighted by molar-refractivity contribution is -0.134. The summed E-state index contributed by atoms with van der Waals surface area (Å²) in [6.45, 7) is 0.794. The lowest BCUT2D eigenvalue weighted by atomic mass is 10.1. The van der Waals surface area contributed by atoms with Crippen LogP contribution in [0.2, 0.25) is 0 Å². The summed E-state index contributed by atoms with van der Waals surface area (Å²) in [5.41, 5.74) is 0. The number of amides is 1. The van der Waals surface area contributed by atoms with E-state index in [9.17, 15) is 4.79 Å². The molecule has 2 atom stereocenters. The van der Waals surface area contributed by atoms with E-state index in [1.165, 1.54) is 0 Å². The number of thioether (sulfide) groups is 1. The van der Waals surface area contributed by atoms with Crippen LogP contribution in [0.15, 0.2) is 29.2 Å². The number of rotatable bonds is 0. The van der Waals surface area contributed by atoms with Gasteiger partial charge in [0.25, 0.3) is 0 Å². The Morgan fingerprint density at radius 2 is 2.25 bits per heavy atom. The zero-order valence-electron chi connectivity index (χ0n) is 9.05. The largest absolute Gasteiger partial charge is 0.487 e. The molecular weight excluding hydrogens is 222 g/mol. The molecule has 1 amide bonds. The molecule has 2 aliphatic heterocycles. The fourth-order valence-electron chi connectivity index (χ4n) is 2.15. The molecule has 0 bridgehead atoms. The molecule has 4 heteroatoms. The Bertz CT molecular complexity index is 435. The standard InChI is InChI=1S/C12H13NO2S/c1-13-7-6-9-11(12(13)14)16-10-5-3-2-4-8(10)15-9/h2-5,9,11H,6-7H2,1H3. The van der Waals surface area contributed by atoms with Gasteiger partial charge in [-0.25, -0.2) is 0 Å². The minimum atomic E-state index is -0.0614. The summed E-state index contributed by atoms with van der Waals surface area (Å²) in [6, 6.07) is 7.93. The van der Waals surface area contributed by atoms with E-state index in [1.54, 1.807) is 16.7 Å². The Kier molecular flexibility index (Phi) is 2.32.